The molecule has 1 aliphatic carbocycles. The Balaban J connectivity index is 1.96. The van der Waals surface area contributed by atoms with Crippen molar-refractivity contribution >= 4 is 5.91 Å². The first-order valence-corrected chi connectivity index (χ1v) is 6.88. The minimum Gasteiger partial charge on any atom is -0.385 e. The molecule has 1 N–H and O–H groups in total. The Kier molecular flexibility index (Phi) is 4.88. The van der Waals surface area contributed by atoms with E-state index in [1.54, 1.807) is 13.2 Å². The molecule has 1 amide bonds. The second kappa shape index (κ2) is 6.47. The Bertz CT molecular complexity index is 502. The summed E-state index contributed by atoms with van der Waals surface area (Å²) in [5.74, 6) is -0.852. The molecule has 6 heteroatoms. The van der Waals surface area contributed by atoms with E-state index < -0.39 is 11.7 Å². The summed E-state index contributed by atoms with van der Waals surface area (Å²) >= 11 is 0. The summed E-state index contributed by atoms with van der Waals surface area (Å²) in [5.41, 5.74) is -0.410. The van der Waals surface area contributed by atoms with Gasteiger partial charge in [0, 0.05) is 26.2 Å². The van der Waals surface area contributed by atoms with Gasteiger partial charge in [-0.05, 0) is 30.4 Å². The third-order valence-corrected chi connectivity index (χ3v) is 3.62. The lowest BCUT2D eigenvalue weighted by atomic mass is 10.0. The SMILES string of the molecule is COCCCNC(=O)C1CC1c1ccccc1C(F)(F)F. The first kappa shape index (κ1) is 15.8. The molecule has 0 aromatic heterocycles. The van der Waals surface area contributed by atoms with E-state index in [1.165, 1.54) is 12.1 Å². The van der Waals surface area contributed by atoms with Crippen LogP contribution >= 0.6 is 0 Å². The fraction of sp³-hybridized carbons (Fsp3) is 0.533. The van der Waals surface area contributed by atoms with Crippen LogP contribution < -0.4 is 5.32 Å². The number of methoxy groups -OCH3 is 1. The summed E-state index contributed by atoms with van der Waals surface area (Å²) in [6.07, 6.45) is -3.21. The van der Waals surface area contributed by atoms with Crippen molar-refractivity contribution in [3.63, 3.8) is 0 Å². The number of alkyl halides is 3. The zero-order chi connectivity index (χ0) is 15.5. The van der Waals surface area contributed by atoms with Gasteiger partial charge in [0.15, 0.2) is 0 Å². The highest BCUT2D eigenvalue weighted by Crippen LogP contribution is 2.50. The molecule has 2 atom stereocenters. The van der Waals surface area contributed by atoms with Crippen LogP contribution in [0.3, 0.4) is 0 Å². The van der Waals surface area contributed by atoms with Gasteiger partial charge in [0.25, 0.3) is 0 Å². The first-order valence-electron chi connectivity index (χ1n) is 6.88. The second-order valence-electron chi connectivity index (χ2n) is 5.17. The van der Waals surface area contributed by atoms with Crippen molar-refractivity contribution in [3.8, 4) is 0 Å². The van der Waals surface area contributed by atoms with Crippen LogP contribution in [-0.2, 0) is 15.7 Å². The molecule has 116 valence electrons. The van der Waals surface area contributed by atoms with E-state index >= 15 is 0 Å². The third-order valence-electron chi connectivity index (χ3n) is 3.62. The number of carbonyl (C=O) groups excluding carboxylic acids is 1. The maximum Gasteiger partial charge on any atom is 0.416 e. The van der Waals surface area contributed by atoms with Crippen LogP contribution in [0.25, 0.3) is 0 Å². The lowest BCUT2D eigenvalue weighted by molar-refractivity contribution is -0.138. The number of hydrogen-bond donors (Lipinski definition) is 1. The number of nitrogens with one attached hydrogen (secondary N) is 1. The maximum atomic E-state index is 12.9. The van der Waals surface area contributed by atoms with Crippen molar-refractivity contribution in [2.75, 3.05) is 20.3 Å². The third kappa shape index (κ3) is 3.97. The van der Waals surface area contributed by atoms with Gasteiger partial charge in [0.2, 0.25) is 5.91 Å². The van der Waals surface area contributed by atoms with Crippen LogP contribution in [-0.4, -0.2) is 26.2 Å². The molecule has 0 heterocycles. The molecular formula is C15H18F3NO2. The highest BCUT2D eigenvalue weighted by molar-refractivity contribution is 5.83. The Labute approximate surface area is 121 Å². The summed E-state index contributed by atoms with van der Waals surface area (Å²) in [7, 11) is 1.58. The largest absolute Gasteiger partial charge is 0.416 e. The Morgan fingerprint density at radius 2 is 2.10 bits per heavy atom. The molecule has 0 bridgehead atoms. The average Bonchev–Trinajstić information content (AvgIpc) is 3.23. The number of halogens is 3. The van der Waals surface area contributed by atoms with Crippen molar-refractivity contribution in [1.82, 2.24) is 5.32 Å². The summed E-state index contributed by atoms with van der Waals surface area (Å²) in [6.45, 7) is 1.03. The lowest BCUT2D eigenvalue weighted by Crippen LogP contribution is -2.27. The zero-order valence-corrected chi connectivity index (χ0v) is 11.7. The predicted octanol–water partition coefficient (Wildman–Crippen LogP) is 2.96. The van der Waals surface area contributed by atoms with E-state index in [2.05, 4.69) is 5.32 Å². The first-order chi connectivity index (χ1) is 9.95. The smallest absolute Gasteiger partial charge is 0.385 e. The van der Waals surface area contributed by atoms with Crippen LogP contribution in [0.1, 0.15) is 29.9 Å². The molecule has 1 aliphatic rings. The van der Waals surface area contributed by atoms with Gasteiger partial charge in [-0.25, -0.2) is 0 Å². The second-order valence-corrected chi connectivity index (χ2v) is 5.17. The van der Waals surface area contributed by atoms with E-state index in [1.807, 2.05) is 0 Å². The Morgan fingerprint density at radius 3 is 2.76 bits per heavy atom. The fourth-order valence-electron chi connectivity index (χ4n) is 2.47. The number of hydrogen-bond acceptors (Lipinski definition) is 2. The summed E-state index contributed by atoms with van der Waals surface area (Å²) in [5, 5.41) is 2.74. The van der Waals surface area contributed by atoms with Crippen LogP contribution in [0.4, 0.5) is 13.2 Å². The van der Waals surface area contributed by atoms with Crippen molar-refractivity contribution < 1.29 is 22.7 Å². The van der Waals surface area contributed by atoms with Crippen molar-refractivity contribution in [2.24, 2.45) is 5.92 Å². The van der Waals surface area contributed by atoms with Gasteiger partial charge in [-0.1, -0.05) is 18.2 Å². The molecule has 1 aromatic carbocycles. The van der Waals surface area contributed by atoms with Crippen LogP contribution in [0.15, 0.2) is 24.3 Å². The monoisotopic (exact) mass is 301 g/mol. The summed E-state index contributed by atoms with van der Waals surface area (Å²) in [4.78, 5) is 11.9. The van der Waals surface area contributed by atoms with Crippen LogP contribution in [0.5, 0.6) is 0 Å². The lowest BCUT2D eigenvalue weighted by Gasteiger charge is -2.12. The molecule has 0 radical (unpaired) electrons. The molecule has 2 rings (SSSR count). The molecule has 2 unspecified atom stereocenters. The fourth-order valence-corrected chi connectivity index (χ4v) is 2.47. The number of amides is 1. The minimum atomic E-state index is -4.38. The highest BCUT2D eigenvalue weighted by Gasteiger charge is 2.47. The molecule has 3 nitrogen and oxygen atoms in total. The topological polar surface area (TPSA) is 38.3 Å². The number of carbonyl (C=O) groups is 1. The number of rotatable bonds is 6. The summed E-state index contributed by atoms with van der Waals surface area (Å²) < 4.78 is 43.7. The van der Waals surface area contributed by atoms with Gasteiger partial charge < -0.3 is 10.1 Å². The van der Waals surface area contributed by atoms with Gasteiger partial charge in [-0.2, -0.15) is 13.2 Å². The van der Waals surface area contributed by atoms with E-state index in [4.69, 9.17) is 4.74 Å². The molecule has 21 heavy (non-hydrogen) atoms. The maximum absolute atomic E-state index is 12.9. The molecule has 0 spiro atoms. The Morgan fingerprint density at radius 1 is 1.38 bits per heavy atom. The van der Waals surface area contributed by atoms with E-state index in [-0.39, 0.29) is 23.3 Å². The normalized spacial score (nSPS) is 21.1. The minimum absolute atomic E-state index is 0.173. The van der Waals surface area contributed by atoms with Crippen molar-refractivity contribution in [3.05, 3.63) is 35.4 Å². The Hall–Kier alpha value is -1.56. The molecule has 0 saturated heterocycles. The zero-order valence-electron chi connectivity index (χ0n) is 11.7. The van der Waals surface area contributed by atoms with Gasteiger partial charge in [0.1, 0.15) is 0 Å². The van der Waals surface area contributed by atoms with E-state index in [0.717, 1.165) is 6.07 Å². The molecule has 1 fully saturated rings. The predicted molar refractivity (Wildman–Crippen MR) is 71.8 cm³/mol. The molecule has 0 aliphatic heterocycles. The van der Waals surface area contributed by atoms with Gasteiger partial charge in [-0.15, -0.1) is 0 Å². The van der Waals surface area contributed by atoms with Crippen molar-refractivity contribution in [2.45, 2.75) is 24.9 Å². The molecule has 1 saturated carbocycles. The van der Waals surface area contributed by atoms with Crippen LogP contribution in [0, 0.1) is 5.92 Å². The molecule has 1 aromatic rings. The molecular weight excluding hydrogens is 283 g/mol. The quantitative estimate of drug-likeness (QED) is 0.820. The number of ether oxygens (including phenoxy) is 1. The van der Waals surface area contributed by atoms with Gasteiger partial charge in [0.05, 0.1) is 5.56 Å². The summed E-state index contributed by atoms with van der Waals surface area (Å²) in [6, 6.07) is 5.48. The average molecular weight is 301 g/mol. The highest BCUT2D eigenvalue weighted by atomic mass is 19.4. The number of benzene rings is 1. The van der Waals surface area contributed by atoms with E-state index in [0.29, 0.717) is 26.0 Å². The van der Waals surface area contributed by atoms with Gasteiger partial charge >= 0.3 is 6.18 Å². The van der Waals surface area contributed by atoms with Crippen LogP contribution in [0.2, 0.25) is 0 Å². The van der Waals surface area contributed by atoms with Crippen molar-refractivity contribution in [1.29, 1.82) is 0 Å². The van der Waals surface area contributed by atoms with Gasteiger partial charge in [-0.3, -0.25) is 4.79 Å². The standard InChI is InChI=1S/C15H18F3NO2/c1-21-8-4-7-19-14(20)12-9-11(12)10-5-2-3-6-13(10)15(16,17)18/h2-3,5-6,11-12H,4,7-9H2,1H3,(H,19,20). The van der Waals surface area contributed by atoms with E-state index in [9.17, 15) is 18.0 Å².